The molecule has 0 aliphatic carbocycles. The second-order valence-electron chi connectivity index (χ2n) is 6.88. The molecule has 150 valence electrons. The minimum atomic E-state index is -0.429. The van der Waals surface area contributed by atoms with Crippen LogP contribution in [0.2, 0.25) is 0 Å². The number of anilines is 1. The summed E-state index contributed by atoms with van der Waals surface area (Å²) in [7, 11) is 3.11. The van der Waals surface area contributed by atoms with Gasteiger partial charge in [-0.1, -0.05) is 11.2 Å². The lowest BCUT2D eigenvalue weighted by Crippen LogP contribution is -2.25. The maximum atomic E-state index is 14.2. The first-order chi connectivity index (χ1) is 14.0. The number of amides is 1. The van der Waals surface area contributed by atoms with Crippen molar-refractivity contribution >= 4 is 11.6 Å². The van der Waals surface area contributed by atoms with Crippen LogP contribution < -0.4 is 14.4 Å². The molecule has 1 fully saturated rings. The average Bonchev–Trinajstić information content (AvgIpc) is 3.36. The zero-order valence-electron chi connectivity index (χ0n) is 16.3. The summed E-state index contributed by atoms with van der Waals surface area (Å²) >= 11 is 0. The van der Waals surface area contributed by atoms with Crippen molar-refractivity contribution in [2.45, 2.75) is 19.3 Å². The van der Waals surface area contributed by atoms with E-state index in [0.717, 1.165) is 5.56 Å². The number of hydrogen-bond donors (Lipinski definition) is 0. The number of carbonyl (C=O) groups is 1. The highest BCUT2D eigenvalue weighted by molar-refractivity contribution is 5.96. The lowest BCUT2D eigenvalue weighted by atomic mass is 10.1. The zero-order chi connectivity index (χ0) is 20.5. The van der Waals surface area contributed by atoms with Gasteiger partial charge in [-0.3, -0.25) is 4.79 Å². The van der Waals surface area contributed by atoms with Crippen LogP contribution in [0.1, 0.15) is 23.7 Å². The van der Waals surface area contributed by atoms with Crippen LogP contribution in [0.25, 0.3) is 11.5 Å². The molecule has 1 atom stereocenters. The number of benzene rings is 2. The standard InChI is InChI=1S/C21H20FN3O4/c1-12-4-7-16(22)17(8-12)25-11-13(9-19(25)26)20-23-21(29-24-20)15-6-5-14(27-2)10-18(15)28-3/h4-8,10,13H,9,11H2,1-3H3. The summed E-state index contributed by atoms with van der Waals surface area (Å²) in [5.74, 6) is 0.973. The van der Waals surface area contributed by atoms with Crippen LogP contribution in [0.15, 0.2) is 40.9 Å². The summed E-state index contributed by atoms with van der Waals surface area (Å²) in [6.45, 7) is 2.15. The van der Waals surface area contributed by atoms with E-state index in [0.29, 0.717) is 22.9 Å². The van der Waals surface area contributed by atoms with E-state index < -0.39 is 5.82 Å². The molecule has 0 radical (unpaired) electrons. The summed E-state index contributed by atoms with van der Waals surface area (Å²) in [6.07, 6.45) is 0.187. The van der Waals surface area contributed by atoms with Crippen molar-refractivity contribution in [2.24, 2.45) is 0 Å². The molecule has 29 heavy (non-hydrogen) atoms. The van der Waals surface area contributed by atoms with E-state index in [9.17, 15) is 9.18 Å². The van der Waals surface area contributed by atoms with Crippen LogP contribution >= 0.6 is 0 Å². The molecule has 2 heterocycles. The second kappa shape index (κ2) is 7.54. The Balaban J connectivity index is 1.59. The van der Waals surface area contributed by atoms with Crippen molar-refractivity contribution < 1.29 is 23.2 Å². The number of nitrogens with zero attached hydrogens (tertiary/aromatic N) is 3. The number of aromatic nitrogens is 2. The van der Waals surface area contributed by atoms with Gasteiger partial charge in [0.1, 0.15) is 17.3 Å². The molecule has 4 rings (SSSR count). The molecule has 3 aromatic rings. The average molecular weight is 397 g/mol. The van der Waals surface area contributed by atoms with Gasteiger partial charge >= 0.3 is 0 Å². The van der Waals surface area contributed by atoms with E-state index in [4.69, 9.17) is 14.0 Å². The maximum Gasteiger partial charge on any atom is 0.261 e. The zero-order valence-corrected chi connectivity index (χ0v) is 16.3. The first-order valence-electron chi connectivity index (χ1n) is 9.12. The Morgan fingerprint density at radius 2 is 2.00 bits per heavy atom. The van der Waals surface area contributed by atoms with Crippen LogP contribution in [0.4, 0.5) is 10.1 Å². The molecular weight excluding hydrogens is 377 g/mol. The van der Waals surface area contributed by atoms with Gasteiger partial charge in [0, 0.05) is 24.9 Å². The maximum absolute atomic E-state index is 14.2. The van der Waals surface area contributed by atoms with E-state index in [1.54, 1.807) is 44.6 Å². The fourth-order valence-corrected chi connectivity index (χ4v) is 3.43. The van der Waals surface area contributed by atoms with Gasteiger partial charge in [0.25, 0.3) is 5.89 Å². The molecule has 1 saturated heterocycles. The van der Waals surface area contributed by atoms with Crippen molar-refractivity contribution in [2.75, 3.05) is 25.7 Å². The Morgan fingerprint density at radius 3 is 2.76 bits per heavy atom. The van der Waals surface area contributed by atoms with Crippen LogP contribution in [0.5, 0.6) is 11.5 Å². The highest BCUT2D eigenvalue weighted by atomic mass is 19.1. The fourth-order valence-electron chi connectivity index (χ4n) is 3.43. The Kier molecular flexibility index (Phi) is 4.92. The van der Waals surface area contributed by atoms with E-state index in [1.807, 2.05) is 6.92 Å². The molecule has 7 nitrogen and oxygen atoms in total. The minimum absolute atomic E-state index is 0.173. The predicted molar refractivity (Wildman–Crippen MR) is 104 cm³/mol. The largest absolute Gasteiger partial charge is 0.497 e. The molecule has 0 bridgehead atoms. The normalized spacial score (nSPS) is 16.3. The number of halogens is 1. The molecule has 0 N–H and O–H groups in total. The molecule has 8 heteroatoms. The third kappa shape index (κ3) is 3.53. The quantitative estimate of drug-likeness (QED) is 0.653. The van der Waals surface area contributed by atoms with Crippen molar-refractivity contribution in [3.8, 4) is 23.0 Å². The summed E-state index contributed by atoms with van der Waals surface area (Å²) < 4.78 is 30.2. The molecule has 1 aromatic heterocycles. The molecule has 1 amide bonds. The van der Waals surface area contributed by atoms with Gasteiger partial charge in [-0.15, -0.1) is 0 Å². The van der Waals surface area contributed by atoms with Gasteiger partial charge in [-0.05, 0) is 36.8 Å². The highest BCUT2D eigenvalue weighted by Crippen LogP contribution is 2.36. The highest BCUT2D eigenvalue weighted by Gasteiger charge is 2.36. The molecule has 0 spiro atoms. The lowest BCUT2D eigenvalue weighted by Gasteiger charge is -2.17. The smallest absolute Gasteiger partial charge is 0.261 e. The summed E-state index contributed by atoms with van der Waals surface area (Å²) in [5, 5.41) is 4.05. The SMILES string of the molecule is COc1ccc(-c2nc(C3CC(=O)N(c4cc(C)ccc4F)C3)no2)c(OC)c1. The van der Waals surface area contributed by atoms with E-state index in [2.05, 4.69) is 10.1 Å². The molecule has 2 aromatic carbocycles. The third-order valence-corrected chi connectivity index (χ3v) is 4.96. The van der Waals surface area contributed by atoms with E-state index in [1.165, 1.54) is 11.0 Å². The van der Waals surface area contributed by atoms with Gasteiger partial charge in [-0.2, -0.15) is 4.98 Å². The molecule has 0 saturated carbocycles. The van der Waals surface area contributed by atoms with Gasteiger partial charge in [0.15, 0.2) is 5.82 Å². The molecule has 1 aliphatic heterocycles. The number of rotatable bonds is 5. The Hall–Kier alpha value is -3.42. The minimum Gasteiger partial charge on any atom is -0.497 e. The molecule has 1 aliphatic rings. The number of carbonyl (C=O) groups excluding carboxylic acids is 1. The topological polar surface area (TPSA) is 77.7 Å². The van der Waals surface area contributed by atoms with Crippen LogP contribution in [0, 0.1) is 12.7 Å². The summed E-state index contributed by atoms with van der Waals surface area (Å²) in [4.78, 5) is 18.4. The van der Waals surface area contributed by atoms with Crippen LogP contribution in [-0.4, -0.2) is 36.8 Å². The van der Waals surface area contributed by atoms with E-state index >= 15 is 0 Å². The Labute approximate surface area is 167 Å². The summed E-state index contributed by atoms with van der Waals surface area (Å²) in [5.41, 5.74) is 1.78. The molecular formula is C21H20FN3O4. The van der Waals surface area contributed by atoms with Gasteiger partial charge in [0.05, 0.1) is 25.5 Å². The number of methoxy groups -OCH3 is 2. The number of ether oxygens (including phenoxy) is 2. The van der Waals surface area contributed by atoms with Crippen molar-refractivity contribution in [1.82, 2.24) is 10.1 Å². The number of aryl methyl sites for hydroxylation is 1. The van der Waals surface area contributed by atoms with Crippen LogP contribution in [-0.2, 0) is 4.79 Å². The van der Waals surface area contributed by atoms with Crippen molar-refractivity contribution in [3.63, 3.8) is 0 Å². The van der Waals surface area contributed by atoms with Crippen molar-refractivity contribution in [1.29, 1.82) is 0 Å². The van der Waals surface area contributed by atoms with Crippen molar-refractivity contribution in [3.05, 3.63) is 53.6 Å². The Morgan fingerprint density at radius 1 is 1.17 bits per heavy atom. The number of hydrogen-bond acceptors (Lipinski definition) is 6. The van der Waals surface area contributed by atoms with Crippen LogP contribution in [0.3, 0.4) is 0 Å². The first-order valence-corrected chi connectivity index (χ1v) is 9.12. The van der Waals surface area contributed by atoms with Gasteiger partial charge in [0.2, 0.25) is 5.91 Å². The summed E-state index contributed by atoms with van der Waals surface area (Å²) in [6, 6.07) is 9.96. The van der Waals surface area contributed by atoms with Gasteiger partial charge < -0.3 is 18.9 Å². The lowest BCUT2D eigenvalue weighted by molar-refractivity contribution is -0.117. The first kappa shape index (κ1) is 18.9. The fraction of sp³-hybridized carbons (Fsp3) is 0.286. The monoisotopic (exact) mass is 397 g/mol. The second-order valence-corrected chi connectivity index (χ2v) is 6.88. The van der Waals surface area contributed by atoms with Gasteiger partial charge in [-0.25, -0.2) is 4.39 Å². The third-order valence-electron chi connectivity index (χ3n) is 4.96. The molecule has 1 unspecified atom stereocenters. The predicted octanol–water partition coefficient (Wildman–Crippen LogP) is 3.72. The van der Waals surface area contributed by atoms with E-state index in [-0.39, 0.29) is 36.4 Å². The Bertz CT molecular complexity index is 1070.